The average molecular weight is 277 g/mol. The van der Waals surface area contributed by atoms with Crippen molar-refractivity contribution in [2.45, 2.75) is 32.4 Å². The van der Waals surface area contributed by atoms with Gasteiger partial charge in [-0.05, 0) is 44.6 Å². The molecule has 0 spiro atoms. The molecule has 0 atom stereocenters. The zero-order valence-corrected chi connectivity index (χ0v) is 12.3. The summed E-state index contributed by atoms with van der Waals surface area (Å²) < 4.78 is 4.72. The molecule has 1 saturated heterocycles. The first-order valence-corrected chi connectivity index (χ1v) is 7.23. The Bertz CT molecular complexity index is 444. The minimum absolute atomic E-state index is 0.378. The number of hydrogen-bond donors (Lipinski definition) is 1. The average Bonchev–Trinajstić information content (AvgIpc) is 2.53. The molecule has 5 heteroatoms. The van der Waals surface area contributed by atoms with Crippen LogP contribution in [0.4, 0.5) is 0 Å². The number of ether oxygens (including phenoxy) is 1. The normalized spacial score (nSPS) is 16.4. The molecule has 0 saturated carbocycles. The Kier molecular flexibility index (Phi) is 5.49. The zero-order chi connectivity index (χ0) is 14.4. The highest BCUT2D eigenvalue weighted by molar-refractivity contribution is 5.87. The van der Waals surface area contributed by atoms with E-state index in [1.54, 1.807) is 6.07 Å². The maximum absolute atomic E-state index is 11.5. The summed E-state index contributed by atoms with van der Waals surface area (Å²) in [5, 5.41) is 3.39. The highest BCUT2D eigenvalue weighted by atomic mass is 16.5. The van der Waals surface area contributed by atoms with Gasteiger partial charge in [-0.3, -0.25) is 4.90 Å². The van der Waals surface area contributed by atoms with Crippen molar-refractivity contribution >= 4 is 5.97 Å². The highest BCUT2D eigenvalue weighted by Gasteiger charge is 2.20. The Morgan fingerprint density at radius 3 is 2.85 bits per heavy atom. The SMILES string of the molecule is CCN(Cc1cccc(C(=O)OC)n1)C1CCNCC1. The molecule has 1 fully saturated rings. The minimum atomic E-state index is -0.378. The van der Waals surface area contributed by atoms with Crippen LogP contribution in [0.15, 0.2) is 18.2 Å². The predicted molar refractivity (Wildman–Crippen MR) is 77.6 cm³/mol. The van der Waals surface area contributed by atoms with Crippen LogP contribution >= 0.6 is 0 Å². The van der Waals surface area contributed by atoms with E-state index >= 15 is 0 Å². The van der Waals surface area contributed by atoms with Gasteiger partial charge >= 0.3 is 5.97 Å². The number of aromatic nitrogens is 1. The summed E-state index contributed by atoms with van der Waals surface area (Å²) in [7, 11) is 1.38. The Balaban J connectivity index is 2.05. The van der Waals surface area contributed by atoms with Gasteiger partial charge in [0.15, 0.2) is 0 Å². The van der Waals surface area contributed by atoms with E-state index in [-0.39, 0.29) is 5.97 Å². The van der Waals surface area contributed by atoms with Crippen LogP contribution in [0.2, 0.25) is 0 Å². The number of methoxy groups -OCH3 is 1. The maximum Gasteiger partial charge on any atom is 0.356 e. The summed E-state index contributed by atoms with van der Waals surface area (Å²) >= 11 is 0. The van der Waals surface area contributed by atoms with Gasteiger partial charge in [-0.2, -0.15) is 0 Å². The Morgan fingerprint density at radius 2 is 2.20 bits per heavy atom. The van der Waals surface area contributed by atoms with Crippen LogP contribution in [0.3, 0.4) is 0 Å². The molecule has 2 heterocycles. The van der Waals surface area contributed by atoms with E-state index in [4.69, 9.17) is 4.74 Å². The predicted octanol–water partition coefficient (Wildman–Crippen LogP) is 1.44. The minimum Gasteiger partial charge on any atom is -0.464 e. The van der Waals surface area contributed by atoms with E-state index in [0.717, 1.165) is 31.9 Å². The molecule has 110 valence electrons. The Morgan fingerprint density at radius 1 is 1.45 bits per heavy atom. The molecule has 1 aromatic rings. The lowest BCUT2D eigenvalue weighted by atomic mass is 10.0. The van der Waals surface area contributed by atoms with Gasteiger partial charge < -0.3 is 10.1 Å². The Hall–Kier alpha value is -1.46. The molecule has 0 unspecified atom stereocenters. The van der Waals surface area contributed by atoms with Crippen LogP contribution in [0.5, 0.6) is 0 Å². The number of carbonyl (C=O) groups is 1. The smallest absolute Gasteiger partial charge is 0.356 e. The topological polar surface area (TPSA) is 54.5 Å². The van der Waals surface area contributed by atoms with E-state index in [1.165, 1.54) is 20.0 Å². The summed E-state index contributed by atoms with van der Waals surface area (Å²) in [5.74, 6) is -0.378. The fraction of sp³-hybridized carbons (Fsp3) is 0.600. The van der Waals surface area contributed by atoms with E-state index < -0.39 is 0 Å². The van der Waals surface area contributed by atoms with Gasteiger partial charge in [-0.1, -0.05) is 13.0 Å². The molecule has 1 aliphatic heterocycles. The van der Waals surface area contributed by atoms with Gasteiger partial charge in [0.2, 0.25) is 0 Å². The molecule has 0 aromatic carbocycles. The first-order valence-electron chi connectivity index (χ1n) is 7.23. The number of pyridine rings is 1. The van der Waals surface area contributed by atoms with Crippen LogP contribution in [-0.4, -0.2) is 48.6 Å². The number of esters is 1. The summed E-state index contributed by atoms with van der Waals surface area (Å²) in [6.07, 6.45) is 2.34. The molecular formula is C15H23N3O2. The zero-order valence-electron chi connectivity index (χ0n) is 12.3. The van der Waals surface area contributed by atoms with Crippen molar-refractivity contribution in [1.82, 2.24) is 15.2 Å². The van der Waals surface area contributed by atoms with Crippen molar-refractivity contribution in [2.24, 2.45) is 0 Å². The van der Waals surface area contributed by atoms with Crippen LogP contribution < -0.4 is 5.32 Å². The van der Waals surface area contributed by atoms with Crippen molar-refractivity contribution in [3.63, 3.8) is 0 Å². The molecule has 20 heavy (non-hydrogen) atoms. The summed E-state index contributed by atoms with van der Waals surface area (Å²) in [4.78, 5) is 18.3. The third-order valence-corrected chi connectivity index (χ3v) is 3.80. The number of nitrogens with one attached hydrogen (secondary N) is 1. The highest BCUT2D eigenvalue weighted by Crippen LogP contribution is 2.14. The van der Waals surface area contributed by atoms with Crippen molar-refractivity contribution in [2.75, 3.05) is 26.7 Å². The molecule has 1 aliphatic rings. The second-order valence-corrected chi connectivity index (χ2v) is 5.05. The second-order valence-electron chi connectivity index (χ2n) is 5.05. The summed E-state index contributed by atoms with van der Waals surface area (Å²) in [6, 6.07) is 6.13. The van der Waals surface area contributed by atoms with Crippen LogP contribution in [0.1, 0.15) is 35.9 Å². The number of carbonyl (C=O) groups excluding carboxylic acids is 1. The van der Waals surface area contributed by atoms with E-state index in [2.05, 4.69) is 22.1 Å². The summed E-state index contributed by atoms with van der Waals surface area (Å²) in [6.45, 7) is 6.11. The number of nitrogens with zero attached hydrogens (tertiary/aromatic N) is 2. The van der Waals surface area contributed by atoms with E-state index in [1.807, 2.05) is 12.1 Å². The quantitative estimate of drug-likeness (QED) is 0.825. The number of piperidine rings is 1. The third-order valence-electron chi connectivity index (χ3n) is 3.80. The van der Waals surface area contributed by atoms with Crippen molar-refractivity contribution in [3.05, 3.63) is 29.6 Å². The molecule has 0 amide bonds. The monoisotopic (exact) mass is 277 g/mol. The van der Waals surface area contributed by atoms with Crippen molar-refractivity contribution in [1.29, 1.82) is 0 Å². The van der Waals surface area contributed by atoms with Crippen LogP contribution in [0.25, 0.3) is 0 Å². The second kappa shape index (κ2) is 7.36. The lowest BCUT2D eigenvalue weighted by Crippen LogP contribution is -2.42. The molecule has 5 nitrogen and oxygen atoms in total. The number of hydrogen-bond acceptors (Lipinski definition) is 5. The van der Waals surface area contributed by atoms with Gasteiger partial charge in [0, 0.05) is 12.6 Å². The molecule has 1 N–H and O–H groups in total. The van der Waals surface area contributed by atoms with Crippen LogP contribution in [0, 0.1) is 0 Å². The molecule has 0 radical (unpaired) electrons. The van der Waals surface area contributed by atoms with Gasteiger partial charge in [-0.15, -0.1) is 0 Å². The van der Waals surface area contributed by atoms with Gasteiger partial charge in [0.25, 0.3) is 0 Å². The first kappa shape index (κ1) is 14.9. The van der Waals surface area contributed by atoms with E-state index in [0.29, 0.717) is 11.7 Å². The van der Waals surface area contributed by atoms with Gasteiger partial charge in [-0.25, -0.2) is 9.78 Å². The third kappa shape index (κ3) is 3.77. The Labute approximate surface area is 120 Å². The van der Waals surface area contributed by atoms with Crippen molar-refractivity contribution in [3.8, 4) is 0 Å². The lowest BCUT2D eigenvalue weighted by Gasteiger charge is -2.33. The van der Waals surface area contributed by atoms with Gasteiger partial charge in [0.1, 0.15) is 5.69 Å². The molecule has 2 rings (SSSR count). The fourth-order valence-corrected chi connectivity index (χ4v) is 2.66. The first-order chi connectivity index (χ1) is 9.74. The van der Waals surface area contributed by atoms with Crippen LogP contribution in [-0.2, 0) is 11.3 Å². The molecule has 0 bridgehead atoms. The number of rotatable bonds is 5. The fourth-order valence-electron chi connectivity index (χ4n) is 2.66. The molecular weight excluding hydrogens is 254 g/mol. The van der Waals surface area contributed by atoms with Crippen molar-refractivity contribution < 1.29 is 9.53 Å². The van der Waals surface area contributed by atoms with Gasteiger partial charge in [0.05, 0.1) is 12.8 Å². The largest absolute Gasteiger partial charge is 0.464 e. The summed E-state index contributed by atoms with van der Waals surface area (Å²) in [5.41, 5.74) is 1.31. The van der Waals surface area contributed by atoms with E-state index in [9.17, 15) is 4.79 Å². The molecule has 1 aromatic heterocycles. The lowest BCUT2D eigenvalue weighted by molar-refractivity contribution is 0.0593. The standard InChI is InChI=1S/C15H23N3O2/c1-3-18(13-7-9-16-10-8-13)11-12-5-4-6-14(17-12)15(19)20-2/h4-6,13,16H,3,7-11H2,1-2H3. The maximum atomic E-state index is 11.5. The molecule has 0 aliphatic carbocycles.